The number of nitro groups is 1. The average Bonchev–Trinajstić information content (AvgIpc) is 2.88. The summed E-state index contributed by atoms with van der Waals surface area (Å²) in [5, 5.41) is 17.9. The molecule has 2 aromatic rings. The molecule has 9 heteroatoms. The molecule has 0 amide bonds. The molecule has 0 spiro atoms. The molecule has 124 valence electrons. The molecule has 0 saturated carbocycles. The number of nitrogens with one attached hydrogen (secondary N) is 1. The summed E-state index contributed by atoms with van der Waals surface area (Å²) in [6.07, 6.45) is 6.34. The number of aryl methyl sites for hydroxylation is 2. The zero-order chi connectivity index (χ0) is 17.0. The van der Waals surface area contributed by atoms with Gasteiger partial charge in [-0.05, 0) is 24.5 Å². The van der Waals surface area contributed by atoms with Gasteiger partial charge in [0.15, 0.2) is 9.84 Å². The van der Waals surface area contributed by atoms with Gasteiger partial charge in [0.05, 0.1) is 21.7 Å². The number of hydrogen-bond acceptors (Lipinski definition) is 6. The Balaban J connectivity index is 2.05. The molecule has 0 unspecified atom stereocenters. The van der Waals surface area contributed by atoms with E-state index >= 15 is 0 Å². The van der Waals surface area contributed by atoms with E-state index in [0.717, 1.165) is 30.7 Å². The van der Waals surface area contributed by atoms with Crippen LogP contribution in [0.5, 0.6) is 0 Å². The molecule has 0 radical (unpaired) electrons. The van der Waals surface area contributed by atoms with E-state index in [0.29, 0.717) is 12.2 Å². The Bertz CT molecular complexity index is 814. The number of non-ortho nitro benzene ring substituents is 1. The van der Waals surface area contributed by atoms with E-state index in [1.807, 2.05) is 13.2 Å². The molecule has 0 atom stereocenters. The number of nitrogens with zero attached hydrogens (tertiary/aromatic N) is 3. The van der Waals surface area contributed by atoms with Gasteiger partial charge in [-0.1, -0.05) is 0 Å². The van der Waals surface area contributed by atoms with Crippen LogP contribution in [-0.4, -0.2) is 35.9 Å². The van der Waals surface area contributed by atoms with Gasteiger partial charge in [-0.2, -0.15) is 5.10 Å². The van der Waals surface area contributed by atoms with Crippen molar-refractivity contribution in [3.63, 3.8) is 0 Å². The maximum absolute atomic E-state index is 11.8. The number of sulfone groups is 1. The van der Waals surface area contributed by atoms with E-state index in [1.165, 1.54) is 12.1 Å². The quantitative estimate of drug-likeness (QED) is 0.468. The molecule has 8 nitrogen and oxygen atoms in total. The number of nitro benzene ring substituents is 1. The minimum atomic E-state index is -3.56. The standard InChI is InChI=1S/C14H18N4O4S/c1-17-10-11(9-16-17)4-3-7-15-13-6-5-12(18(19)20)8-14(13)23(2,21)22/h5-6,8-10,15H,3-4,7H2,1-2H3. The van der Waals surface area contributed by atoms with Crippen molar-refractivity contribution in [1.82, 2.24) is 9.78 Å². The second kappa shape index (κ2) is 6.78. The lowest BCUT2D eigenvalue weighted by Gasteiger charge is -2.10. The first-order valence-electron chi connectivity index (χ1n) is 6.97. The Hall–Kier alpha value is -2.42. The summed E-state index contributed by atoms with van der Waals surface area (Å²) < 4.78 is 25.3. The predicted octanol–water partition coefficient (Wildman–Crippen LogP) is 1.78. The Labute approximate surface area is 134 Å². The fourth-order valence-corrected chi connectivity index (χ4v) is 3.07. The second-order valence-electron chi connectivity index (χ2n) is 5.26. The van der Waals surface area contributed by atoms with Crippen LogP contribution in [0.25, 0.3) is 0 Å². The topological polar surface area (TPSA) is 107 Å². The van der Waals surface area contributed by atoms with Gasteiger partial charge in [-0.15, -0.1) is 0 Å². The average molecular weight is 338 g/mol. The van der Waals surface area contributed by atoms with Crippen LogP contribution in [0.4, 0.5) is 11.4 Å². The SMILES string of the molecule is Cn1cc(CCCNc2ccc([N+](=O)[O-])cc2S(C)(=O)=O)cn1. The molecule has 0 aliphatic heterocycles. The molecular weight excluding hydrogens is 320 g/mol. The van der Waals surface area contributed by atoms with E-state index in [2.05, 4.69) is 10.4 Å². The van der Waals surface area contributed by atoms with Crippen molar-refractivity contribution in [2.45, 2.75) is 17.7 Å². The highest BCUT2D eigenvalue weighted by molar-refractivity contribution is 7.90. The summed E-state index contributed by atoms with van der Waals surface area (Å²) in [6, 6.07) is 3.80. The van der Waals surface area contributed by atoms with Gasteiger partial charge in [0.25, 0.3) is 5.69 Å². The molecule has 0 aliphatic rings. The van der Waals surface area contributed by atoms with Crippen molar-refractivity contribution >= 4 is 21.2 Å². The highest BCUT2D eigenvalue weighted by Gasteiger charge is 2.18. The lowest BCUT2D eigenvalue weighted by Crippen LogP contribution is -2.08. The fourth-order valence-electron chi connectivity index (χ4n) is 2.19. The van der Waals surface area contributed by atoms with Gasteiger partial charge in [-0.25, -0.2) is 8.42 Å². The van der Waals surface area contributed by atoms with Crippen LogP contribution in [0.15, 0.2) is 35.5 Å². The molecule has 2 rings (SSSR count). The van der Waals surface area contributed by atoms with Crippen molar-refractivity contribution in [2.75, 3.05) is 18.1 Å². The Kier molecular flexibility index (Phi) is 4.99. The van der Waals surface area contributed by atoms with Gasteiger partial charge >= 0.3 is 0 Å². The van der Waals surface area contributed by atoms with Crippen molar-refractivity contribution in [2.24, 2.45) is 7.05 Å². The van der Waals surface area contributed by atoms with E-state index in [-0.39, 0.29) is 10.6 Å². The van der Waals surface area contributed by atoms with E-state index in [1.54, 1.807) is 10.9 Å². The molecule has 23 heavy (non-hydrogen) atoms. The van der Waals surface area contributed by atoms with Crippen LogP contribution in [-0.2, 0) is 23.3 Å². The van der Waals surface area contributed by atoms with Crippen molar-refractivity contribution in [3.05, 3.63) is 46.3 Å². The Morgan fingerprint density at radius 2 is 2.13 bits per heavy atom. The Morgan fingerprint density at radius 1 is 1.39 bits per heavy atom. The second-order valence-corrected chi connectivity index (χ2v) is 7.25. The summed E-state index contributed by atoms with van der Waals surface area (Å²) >= 11 is 0. The number of rotatable bonds is 7. The van der Waals surface area contributed by atoms with Gasteiger partial charge in [0, 0.05) is 38.2 Å². The maximum atomic E-state index is 11.8. The van der Waals surface area contributed by atoms with Crippen LogP contribution in [0.2, 0.25) is 0 Å². The van der Waals surface area contributed by atoms with Crippen LogP contribution in [0.1, 0.15) is 12.0 Å². The van der Waals surface area contributed by atoms with Crippen LogP contribution >= 0.6 is 0 Å². The molecule has 0 saturated heterocycles. The van der Waals surface area contributed by atoms with Crippen LogP contribution < -0.4 is 5.32 Å². The maximum Gasteiger partial charge on any atom is 0.270 e. The molecule has 1 heterocycles. The molecule has 0 fully saturated rings. The third-order valence-corrected chi connectivity index (χ3v) is 4.43. The predicted molar refractivity (Wildman–Crippen MR) is 86.2 cm³/mol. The van der Waals surface area contributed by atoms with E-state index < -0.39 is 14.8 Å². The van der Waals surface area contributed by atoms with E-state index in [4.69, 9.17) is 0 Å². The summed E-state index contributed by atoms with van der Waals surface area (Å²) in [5.41, 5.74) is 1.23. The summed E-state index contributed by atoms with van der Waals surface area (Å²) in [6.45, 7) is 0.551. The summed E-state index contributed by atoms with van der Waals surface area (Å²) in [4.78, 5) is 10.1. The summed E-state index contributed by atoms with van der Waals surface area (Å²) in [5.74, 6) is 0. The van der Waals surface area contributed by atoms with Crippen LogP contribution in [0, 0.1) is 10.1 Å². The lowest BCUT2D eigenvalue weighted by molar-refractivity contribution is -0.385. The fraction of sp³-hybridized carbons (Fsp3) is 0.357. The zero-order valence-electron chi connectivity index (χ0n) is 12.9. The highest BCUT2D eigenvalue weighted by atomic mass is 32.2. The van der Waals surface area contributed by atoms with Crippen molar-refractivity contribution in [1.29, 1.82) is 0 Å². The zero-order valence-corrected chi connectivity index (χ0v) is 13.7. The van der Waals surface area contributed by atoms with Crippen LogP contribution in [0.3, 0.4) is 0 Å². The van der Waals surface area contributed by atoms with Crippen molar-refractivity contribution in [3.8, 4) is 0 Å². The summed E-state index contributed by atoms with van der Waals surface area (Å²) in [7, 11) is -1.71. The smallest absolute Gasteiger partial charge is 0.270 e. The number of anilines is 1. The number of aromatic nitrogens is 2. The first-order valence-corrected chi connectivity index (χ1v) is 8.86. The van der Waals surface area contributed by atoms with E-state index in [9.17, 15) is 18.5 Å². The lowest BCUT2D eigenvalue weighted by atomic mass is 10.2. The first-order chi connectivity index (χ1) is 10.8. The van der Waals surface area contributed by atoms with Gasteiger partial charge in [0.2, 0.25) is 0 Å². The molecular formula is C14H18N4O4S. The third-order valence-electron chi connectivity index (χ3n) is 3.29. The van der Waals surface area contributed by atoms with Gasteiger partial charge < -0.3 is 5.32 Å². The minimum Gasteiger partial charge on any atom is -0.384 e. The van der Waals surface area contributed by atoms with Crippen molar-refractivity contribution < 1.29 is 13.3 Å². The molecule has 0 aliphatic carbocycles. The highest BCUT2D eigenvalue weighted by Crippen LogP contribution is 2.26. The van der Waals surface area contributed by atoms with Gasteiger partial charge in [0.1, 0.15) is 0 Å². The number of hydrogen-bond donors (Lipinski definition) is 1. The molecule has 1 aromatic carbocycles. The normalized spacial score (nSPS) is 11.4. The largest absolute Gasteiger partial charge is 0.384 e. The monoisotopic (exact) mass is 338 g/mol. The third kappa shape index (κ3) is 4.52. The number of benzene rings is 1. The minimum absolute atomic E-state index is 0.0620. The van der Waals surface area contributed by atoms with Gasteiger partial charge in [-0.3, -0.25) is 14.8 Å². The first kappa shape index (κ1) is 16.9. The molecule has 0 bridgehead atoms. The molecule has 1 N–H and O–H groups in total. The molecule has 1 aromatic heterocycles. The Morgan fingerprint density at radius 3 is 2.70 bits per heavy atom.